The molecule has 1 aliphatic carbocycles. The van der Waals surface area contributed by atoms with Crippen LogP contribution in [0.15, 0.2) is 0 Å². The number of carbonyl (C=O) groups excluding carboxylic acids is 2. The third kappa shape index (κ3) is 3.75. The van der Waals surface area contributed by atoms with Crippen LogP contribution in [-0.2, 0) is 9.53 Å². The SMILES string of the molecule is COC(=O)C(O)CNC(=O)NC1CCC1. The Morgan fingerprint density at radius 2 is 2.20 bits per heavy atom. The average Bonchev–Trinajstić information content (AvgIpc) is 2.18. The van der Waals surface area contributed by atoms with E-state index < -0.39 is 12.1 Å². The van der Waals surface area contributed by atoms with Crippen LogP contribution in [-0.4, -0.2) is 42.9 Å². The van der Waals surface area contributed by atoms with E-state index in [0.29, 0.717) is 0 Å². The molecule has 0 aliphatic heterocycles. The van der Waals surface area contributed by atoms with E-state index in [9.17, 15) is 9.59 Å². The zero-order valence-corrected chi connectivity index (χ0v) is 8.66. The number of aliphatic hydroxyl groups is 1. The molecule has 6 heteroatoms. The Morgan fingerprint density at radius 1 is 1.53 bits per heavy atom. The molecule has 1 unspecified atom stereocenters. The number of hydrogen-bond acceptors (Lipinski definition) is 4. The standard InChI is InChI=1S/C9H16N2O4/c1-15-8(13)7(12)5-10-9(14)11-6-3-2-4-6/h6-7,12H,2-5H2,1H3,(H2,10,11,14). The molecule has 0 aromatic carbocycles. The van der Waals surface area contributed by atoms with E-state index in [1.165, 1.54) is 7.11 Å². The zero-order chi connectivity index (χ0) is 11.3. The van der Waals surface area contributed by atoms with E-state index >= 15 is 0 Å². The second-order valence-corrected chi connectivity index (χ2v) is 3.52. The van der Waals surface area contributed by atoms with Crippen LogP contribution >= 0.6 is 0 Å². The molecule has 0 bridgehead atoms. The minimum absolute atomic E-state index is 0.134. The molecule has 1 aliphatic rings. The van der Waals surface area contributed by atoms with Crippen molar-refractivity contribution < 1.29 is 19.4 Å². The number of urea groups is 1. The van der Waals surface area contributed by atoms with E-state index in [2.05, 4.69) is 15.4 Å². The van der Waals surface area contributed by atoms with Gasteiger partial charge in [0.2, 0.25) is 0 Å². The Bertz CT molecular complexity index is 240. The summed E-state index contributed by atoms with van der Waals surface area (Å²) in [6.07, 6.45) is 1.82. The molecule has 0 heterocycles. The van der Waals surface area contributed by atoms with Crippen LogP contribution in [0.4, 0.5) is 4.79 Å². The highest BCUT2D eigenvalue weighted by Crippen LogP contribution is 2.17. The maximum absolute atomic E-state index is 11.2. The van der Waals surface area contributed by atoms with Crippen LogP contribution in [0, 0.1) is 0 Å². The summed E-state index contributed by atoms with van der Waals surface area (Å²) in [5.41, 5.74) is 0. The molecule has 0 aromatic heterocycles. The number of aliphatic hydroxyl groups excluding tert-OH is 1. The predicted molar refractivity (Wildman–Crippen MR) is 52.2 cm³/mol. The van der Waals surface area contributed by atoms with Crippen molar-refractivity contribution in [2.24, 2.45) is 0 Å². The van der Waals surface area contributed by atoms with Gasteiger partial charge in [-0.15, -0.1) is 0 Å². The van der Waals surface area contributed by atoms with Crippen LogP contribution in [0.5, 0.6) is 0 Å². The summed E-state index contributed by atoms with van der Waals surface area (Å²) >= 11 is 0. The van der Waals surface area contributed by atoms with Crippen molar-refractivity contribution in [1.29, 1.82) is 0 Å². The number of esters is 1. The highest BCUT2D eigenvalue weighted by Gasteiger charge is 2.20. The molecule has 3 N–H and O–H groups in total. The fourth-order valence-corrected chi connectivity index (χ4v) is 1.20. The molecule has 1 atom stereocenters. The Balaban J connectivity index is 2.12. The molecule has 0 radical (unpaired) electrons. The van der Waals surface area contributed by atoms with Crippen molar-refractivity contribution in [2.45, 2.75) is 31.4 Å². The first-order valence-electron chi connectivity index (χ1n) is 4.93. The maximum atomic E-state index is 11.2. The van der Waals surface area contributed by atoms with Crippen LogP contribution in [0.25, 0.3) is 0 Å². The van der Waals surface area contributed by atoms with Gasteiger partial charge in [-0.2, -0.15) is 0 Å². The molecule has 15 heavy (non-hydrogen) atoms. The average molecular weight is 216 g/mol. The van der Waals surface area contributed by atoms with Gasteiger partial charge in [-0.1, -0.05) is 0 Å². The Hall–Kier alpha value is -1.30. The number of hydrogen-bond donors (Lipinski definition) is 3. The molecular formula is C9H16N2O4. The van der Waals surface area contributed by atoms with Crippen molar-refractivity contribution >= 4 is 12.0 Å². The van der Waals surface area contributed by atoms with Crippen molar-refractivity contribution in [3.8, 4) is 0 Å². The summed E-state index contributed by atoms with van der Waals surface area (Å²) in [5, 5.41) is 14.3. The summed E-state index contributed by atoms with van der Waals surface area (Å²) in [5.74, 6) is -0.751. The first kappa shape index (κ1) is 11.8. The minimum Gasteiger partial charge on any atom is -0.467 e. The van der Waals surface area contributed by atoms with Gasteiger partial charge in [0.25, 0.3) is 0 Å². The van der Waals surface area contributed by atoms with Crippen LogP contribution < -0.4 is 10.6 Å². The van der Waals surface area contributed by atoms with Crippen LogP contribution in [0.3, 0.4) is 0 Å². The number of rotatable bonds is 4. The van der Waals surface area contributed by atoms with Crippen molar-refractivity contribution in [3.63, 3.8) is 0 Å². The van der Waals surface area contributed by atoms with Gasteiger partial charge >= 0.3 is 12.0 Å². The van der Waals surface area contributed by atoms with E-state index in [-0.39, 0.29) is 18.6 Å². The van der Waals surface area contributed by atoms with Gasteiger partial charge in [0.1, 0.15) is 0 Å². The van der Waals surface area contributed by atoms with Crippen molar-refractivity contribution in [2.75, 3.05) is 13.7 Å². The van der Waals surface area contributed by atoms with E-state index in [4.69, 9.17) is 5.11 Å². The van der Waals surface area contributed by atoms with Gasteiger partial charge in [-0.05, 0) is 19.3 Å². The van der Waals surface area contributed by atoms with Crippen LogP contribution in [0.1, 0.15) is 19.3 Å². The predicted octanol–water partition coefficient (Wildman–Crippen LogP) is -0.628. The summed E-state index contributed by atoms with van der Waals surface area (Å²) in [4.78, 5) is 21.9. The first-order valence-corrected chi connectivity index (χ1v) is 4.93. The number of amides is 2. The maximum Gasteiger partial charge on any atom is 0.336 e. The summed E-state index contributed by atoms with van der Waals surface area (Å²) < 4.78 is 4.30. The molecule has 86 valence electrons. The molecule has 1 fully saturated rings. The number of methoxy groups -OCH3 is 1. The summed E-state index contributed by atoms with van der Waals surface area (Å²) in [6, 6.07) is -0.122. The number of nitrogens with one attached hydrogen (secondary N) is 2. The Labute approximate surface area is 88.0 Å². The third-order valence-electron chi connectivity index (χ3n) is 2.37. The molecular weight excluding hydrogens is 200 g/mol. The number of ether oxygens (including phenoxy) is 1. The zero-order valence-electron chi connectivity index (χ0n) is 8.66. The van der Waals surface area contributed by atoms with Gasteiger partial charge in [-0.3, -0.25) is 0 Å². The quantitative estimate of drug-likeness (QED) is 0.546. The van der Waals surface area contributed by atoms with E-state index in [1.54, 1.807) is 0 Å². The lowest BCUT2D eigenvalue weighted by Gasteiger charge is -2.26. The van der Waals surface area contributed by atoms with Gasteiger partial charge in [0, 0.05) is 6.04 Å². The lowest BCUT2D eigenvalue weighted by molar-refractivity contribution is -0.149. The van der Waals surface area contributed by atoms with Crippen molar-refractivity contribution in [3.05, 3.63) is 0 Å². The number of carbonyl (C=O) groups is 2. The molecule has 0 saturated heterocycles. The van der Waals surface area contributed by atoms with Crippen LogP contribution in [0.2, 0.25) is 0 Å². The smallest absolute Gasteiger partial charge is 0.336 e. The highest BCUT2D eigenvalue weighted by atomic mass is 16.5. The van der Waals surface area contributed by atoms with Gasteiger partial charge in [0.15, 0.2) is 6.10 Å². The van der Waals surface area contributed by atoms with Gasteiger partial charge < -0.3 is 20.5 Å². The topological polar surface area (TPSA) is 87.7 Å². The first-order chi connectivity index (χ1) is 7.13. The second-order valence-electron chi connectivity index (χ2n) is 3.52. The summed E-state index contributed by atoms with van der Waals surface area (Å²) in [6.45, 7) is -0.134. The minimum atomic E-state index is -1.30. The molecule has 1 rings (SSSR count). The Morgan fingerprint density at radius 3 is 2.67 bits per heavy atom. The van der Waals surface area contributed by atoms with E-state index in [0.717, 1.165) is 19.3 Å². The van der Waals surface area contributed by atoms with Gasteiger partial charge in [-0.25, -0.2) is 9.59 Å². The fraction of sp³-hybridized carbons (Fsp3) is 0.778. The monoisotopic (exact) mass is 216 g/mol. The highest BCUT2D eigenvalue weighted by molar-refractivity contribution is 5.77. The normalized spacial score (nSPS) is 17.5. The van der Waals surface area contributed by atoms with Crippen molar-refractivity contribution in [1.82, 2.24) is 10.6 Å². The summed E-state index contributed by atoms with van der Waals surface area (Å²) in [7, 11) is 1.18. The largest absolute Gasteiger partial charge is 0.467 e. The second kappa shape index (κ2) is 5.55. The fourth-order valence-electron chi connectivity index (χ4n) is 1.20. The molecule has 0 aromatic rings. The van der Waals surface area contributed by atoms with Gasteiger partial charge in [0.05, 0.1) is 13.7 Å². The Kier molecular flexibility index (Phi) is 4.36. The van der Waals surface area contributed by atoms with E-state index in [1.807, 2.05) is 0 Å². The lowest BCUT2D eigenvalue weighted by Crippen LogP contribution is -2.48. The molecule has 0 spiro atoms. The molecule has 1 saturated carbocycles. The molecule has 6 nitrogen and oxygen atoms in total. The lowest BCUT2D eigenvalue weighted by atomic mass is 9.93. The molecule has 2 amide bonds. The third-order valence-corrected chi connectivity index (χ3v) is 2.37.